The van der Waals surface area contributed by atoms with E-state index < -0.39 is 46.5 Å². The maximum absolute atomic E-state index is 11.6. The minimum atomic E-state index is -5.01. The lowest BCUT2D eigenvalue weighted by molar-refractivity contribution is -0.161. The van der Waals surface area contributed by atoms with Gasteiger partial charge in [-0.2, -0.15) is 0 Å². The molecule has 0 saturated carbocycles. The van der Waals surface area contributed by atoms with Crippen LogP contribution in [0.15, 0.2) is 0 Å². The lowest BCUT2D eigenvalue weighted by Crippen LogP contribution is -2.69. The van der Waals surface area contributed by atoms with Crippen molar-refractivity contribution in [1.82, 2.24) is 9.21 Å². The molecule has 0 aliphatic carbocycles. The van der Waals surface area contributed by atoms with Crippen LogP contribution in [0.25, 0.3) is 0 Å². The smallest absolute Gasteiger partial charge is 0.409 e. The number of carbonyl (C=O) groups excluding carboxylic acids is 2. The van der Waals surface area contributed by atoms with E-state index in [4.69, 9.17) is 4.74 Å². The maximum atomic E-state index is 11.6. The van der Waals surface area contributed by atoms with Crippen molar-refractivity contribution in [3.8, 4) is 0 Å². The number of aliphatic hydroxyl groups is 1. The quantitative estimate of drug-likeness (QED) is 0.507. The van der Waals surface area contributed by atoms with Gasteiger partial charge in [0.05, 0.1) is 18.1 Å². The van der Waals surface area contributed by atoms with E-state index in [1.165, 1.54) is 27.9 Å². The van der Waals surface area contributed by atoms with Gasteiger partial charge in [0.25, 0.3) is 0 Å². The molecular formula is C10H17N2O7S-. The van der Waals surface area contributed by atoms with Crippen molar-refractivity contribution in [2.24, 2.45) is 5.92 Å². The lowest BCUT2D eigenvalue weighted by atomic mass is 9.83. The van der Waals surface area contributed by atoms with E-state index in [9.17, 15) is 27.7 Å². The Labute approximate surface area is 117 Å². The molecule has 0 unspecified atom stereocenters. The highest BCUT2D eigenvalue weighted by Crippen LogP contribution is 2.35. The number of rotatable bonds is 4. The van der Waals surface area contributed by atoms with Gasteiger partial charge in [-0.25, -0.2) is 17.5 Å². The van der Waals surface area contributed by atoms with Gasteiger partial charge in [-0.1, -0.05) is 0 Å². The first kappa shape index (κ1) is 16.7. The van der Waals surface area contributed by atoms with Crippen LogP contribution in [0.2, 0.25) is 0 Å². The van der Waals surface area contributed by atoms with Crippen LogP contribution in [-0.4, -0.2) is 71.6 Å². The van der Waals surface area contributed by atoms with Crippen molar-refractivity contribution in [3.63, 3.8) is 0 Å². The summed E-state index contributed by atoms with van der Waals surface area (Å²) in [6, 6.07) is -1.20. The molecule has 20 heavy (non-hydrogen) atoms. The summed E-state index contributed by atoms with van der Waals surface area (Å²) in [5.41, 5.74) is 0. The molecule has 116 valence electrons. The zero-order valence-corrected chi connectivity index (χ0v) is 12.3. The van der Waals surface area contributed by atoms with Crippen LogP contribution in [0, 0.1) is 5.92 Å². The third-order valence-electron chi connectivity index (χ3n) is 3.03. The summed E-state index contributed by atoms with van der Waals surface area (Å²) in [7, 11) is -2.16. The fourth-order valence-corrected chi connectivity index (χ4v) is 3.01. The van der Waals surface area contributed by atoms with E-state index in [2.05, 4.69) is 0 Å². The number of carbonyl (C=O) groups is 2. The van der Waals surface area contributed by atoms with Gasteiger partial charge in [-0.05, 0) is 13.8 Å². The Hall–Kier alpha value is -1.39. The molecule has 0 bridgehead atoms. The number of ether oxygens (including phenoxy) is 1. The molecule has 0 spiro atoms. The average Bonchev–Trinajstić information content (AvgIpc) is 2.22. The number of β-lactam (4-membered cyclic amide) rings is 1. The Bertz CT molecular complexity index is 502. The Morgan fingerprint density at radius 3 is 2.30 bits per heavy atom. The molecule has 1 fully saturated rings. The van der Waals surface area contributed by atoms with Crippen molar-refractivity contribution >= 4 is 22.3 Å². The van der Waals surface area contributed by atoms with Crippen molar-refractivity contribution in [2.75, 3.05) is 14.1 Å². The summed E-state index contributed by atoms with van der Waals surface area (Å²) in [6.07, 6.45) is -2.96. The van der Waals surface area contributed by atoms with E-state index in [0.717, 1.165) is 4.90 Å². The van der Waals surface area contributed by atoms with Gasteiger partial charge in [-0.3, -0.25) is 4.79 Å². The van der Waals surface area contributed by atoms with Crippen molar-refractivity contribution in [2.45, 2.75) is 32.1 Å². The highest BCUT2D eigenvalue weighted by atomic mass is 32.2. The molecule has 1 saturated heterocycles. The van der Waals surface area contributed by atoms with Gasteiger partial charge in [0, 0.05) is 14.1 Å². The molecule has 1 aliphatic rings. The summed E-state index contributed by atoms with van der Waals surface area (Å²) in [5, 5.41) is 9.49. The predicted octanol–water partition coefficient (Wildman–Crippen LogP) is -1.26. The number of nitrogens with zero attached hydrogens (tertiary/aromatic N) is 2. The Morgan fingerprint density at radius 2 is 1.95 bits per heavy atom. The Kier molecular flexibility index (Phi) is 4.62. The second-order valence-electron chi connectivity index (χ2n) is 4.83. The van der Waals surface area contributed by atoms with E-state index in [1.807, 2.05) is 0 Å². The molecule has 2 amide bonds. The van der Waals surface area contributed by atoms with Crippen LogP contribution < -0.4 is 0 Å². The molecule has 10 heteroatoms. The van der Waals surface area contributed by atoms with Gasteiger partial charge in [-0.15, -0.1) is 0 Å². The summed E-state index contributed by atoms with van der Waals surface area (Å²) < 4.78 is 38.2. The number of hydrogen-bond acceptors (Lipinski definition) is 7. The van der Waals surface area contributed by atoms with Crippen LogP contribution in [0.1, 0.15) is 13.8 Å². The highest BCUT2D eigenvalue weighted by Gasteiger charge is 2.56. The predicted molar refractivity (Wildman–Crippen MR) is 65.1 cm³/mol. The standard InChI is InChI=1S/C10H18N2O7S/c1-5(13)7-8(6(2)19-10(15)11(3)4)12(9(7)14)20(16,17)18/h5-8,13H,1-4H3,(H,16,17,18)/p-1/t5-,6+,7-,8-/m1/s1. The molecule has 0 aromatic heterocycles. The molecule has 0 aromatic rings. The van der Waals surface area contributed by atoms with E-state index in [1.54, 1.807) is 0 Å². The fraction of sp³-hybridized carbons (Fsp3) is 0.800. The zero-order valence-electron chi connectivity index (χ0n) is 11.5. The van der Waals surface area contributed by atoms with Gasteiger partial charge >= 0.3 is 6.09 Å². The van der Waals surface area contributed by atoms with E-state index in [0.29, 0.717) is 0 Å². The van der Waals surface area contributed by atoms with Crippen LogP contribution in [-0.2, 0) is 19.8 Å². The van der Waals surface area contributed by atoms with Gasteiger partial charge in [0.15, 0.2) is 10.3 Å². The number of aliphatic hydroxyl groups excluding tert-OH is 1. The maximum Gasteiger partial charge on any atom is 0.409 e. The largest absolute Gasteiger partial charge is 0.731 e. The molecule has 1 heterocycles. The van der Waals surface area contributed by atoms with Crippen LogP contribution in [0.4, 0.5) is 4.79 Å². The first-order chi connectivity index (χ1) is 8.98. The molecular weight excluding hydrogens is 292 g/mol. The minimum Gasteiger partial charge on any atom is -0.731 e. The summed E-state index contributed by atoms with van der Waals surface area (Å²) in [4.78, 5) is 24.2. The van der Waals surface area contributed by atoms with E-state index in [-0.39, 0.29) is 4.31 Å². The van der Waals surface area contributed by atoms with Gasteiger partial charge in [0.2, 0.25) is 5.91 Å². The monoisotopic (exact) mass is 309 g/mol. The van der Waals surface area contributed by atoms with Gasteiger partial charge < -0.3 is 19.3 Å². The molecule has 0 aromatic carbocycles. The Morgan fingerprint density at radius 1 is 1.45 bits per heavy atom. The molecule has 4 atom stereocenters. The van der Waals surface area contributed by atoms with E-state index >= 15 is 0 Å². The summed E-state index contributed by atoms with van der Waals surface area (Å²) >= 11 is 0. The lowest BCUT2D eigenvalue weighted by Gasteiger charge is -2.50. The second kappa shape index (κ2) is 5.54. The van der Waals surface area contributed by atoms with Crippen molar-refractivity contribution in [1.29, 1.82) is 0 Å². The third kappa shape index (κ3) is 3.02. The topological polar surface area (TPSA) is 127 Å². The SMILES string of the molecule is C[C@H](OC(=O)N(C)C)[C@@H]1[C@@H]([C@@H](C)O)C(=O)N1S(=O)(=O)[O-]. The molecule has 9 nitrogen and oxygen atoms in total. The molecule has 1 N–H and O–H groups in total. The van der Waals surface area contributed by atoms with Crippen LogP contribution in [0.3, 0.4) is 0 Å². The molecule has 1 aliphatic heterocycles. The fourth-order valence-electron chi connectivity index (χ4n) is 2.07. The average molecular weight is 309 g/mol. The minimum absolute atomic E-state index is 0.109. The first-order valence-electron chi connectivity index (χ1n) is 5.83. The van der Waals surface area contributed by atoms with Crippen LogP contribution in [0.5, 0.6) is 0 Å². The second-order valence-corrected chi connectivity index (χ2v) is 6.08. The molecule has 1 rings (SSSR count). The zero-order chi connectivity index (χ0) is 15.8. The van der Waals surface area contributed by atoms with Crippen LogP contribution >= 0.6 is 0 Å². The highest BCUT2D eigenvalue weighted by molar-refractivity contribution is 7.84. The van der Waals surface area contributed by atoms with Crippen molar-refractivity contribution < 1.29 is 32.4 Å². The Balaban J connectivity index is 2.97. The van der Waals surface area contributed by atoms with Gasteiger partial charge in [0.1, 0.15) is 6.10 Å². The number of amides is 2. The number of hydrogen-bond donors (Lipinski definition) is 1. The normalized spacial score (nSPS) is 25.7. The molecule has 0 radical (unpaired) electrons. The summed E-state index contributed by atoms with van der Waals surface area (Å²) in [5.74, 6) is -2.09. The first-order valence-corrected chi connectivity index (χ1v) is 7.20. The third-order valence-corrected chi connectivity index (χ3v) is 3.94. The summed E-state index contributed by atoms with van der Waals surface area (Å²) in [6.45, 7) is 2.65. The van der Waals surface area contributed by atoms with Crippen molar-refractivity contribution in [3.05, 3.63) is 0 Å².